The molecule has 0 saturated carbocycles. The Kier molecular flexibility index (Phi) is 8.11. The first-order valence-electron chi connectivity index (χ1n) is 10.9. The molecule has 3 aromatic carbocycles. The van der Waals surface area contributed by atoms with Gasteiger partial charge in [-0.2, -0.15) is 0 Å². The van der Waals surface area contributed by atoms with E-state index in [2.05, 4.69) is 0 Å². The summed E-state index contributed by atoms with van der Waals surface area (Å²) in [5.41, 5.74) is 2.28. The number of anilines is 1. The lowest BCUT2D eigenvalue weighted by atomic mass is 10.2. The molecule has 0 unspecified atom stereocenters. The summed E-state index contributed by atoms with van der Waals surface area (Å²) in [5.74, 6) is 0.804. The third kappa shape index (κ3) is 6.35. The summed E-state index contributed by atoms with van der Waals surface area (Å²) in [6.45, 7) is 6.51. The average Bonchev–Trinajstić information content (AvgIpc) is 2.78. The van der Waals surface area contributed by atoms with Crippen LogP contribution in [0.3, 0.4) is 0 Å². The molecule has 3 aromatic rings. The zero-order chi connectivity index (χ0) is 23.8. The molecule has 174 valence electrons. The Morgan fingerprint density at radius 1 is 0.848 bits per heavy atom. The number of sulfonamides is 1. The predicted octanol–water partition coefficient (Wildman–Crippen LogP) is 5.28. The number of rotatable bonds is 10. The van der Waals surface area contributed by atoms with Gasteiger partial charge in [-0.05, 0) is 81.3 Å². The van der Waals surface area contributed by atoms with Crippen LogP contribution in [-0.4, -0.2) is 27.5 Å². The first-order chi connectivity index (χ1) is 15.8. The number of amides is 1. The average molecular weight is 468 g/mol. The Morgan fingerprint density at radius 2 is 1.55 bits per heavy atom. The van der Waals surface area contributed by atoms with Crippen molar-refractivity contribution in [2.75, 3.05) is 17.5 Å². The minimum atomic E-state index is -4.09. The summed E-state index contributed by atoms with van der Waals surface area (Å²) in [4.78, 5) is 13.2. The number of carbonyl (C=O) groups excluding carboxylic acids is 1. The fourth-order valence-corrected chi connectivity index (χ4v) is 4.75. The van der Waals surface area contributed by atoms with E-state index in [4.69, 9.17) is 9.47 Å². The third-order valence-electron chi connectivity index (χ3n) is 4.96. The minimum absolute atomic E-state index is 0.0180. The topological polar surface area (TPSA) is 72.9 Å². The lowest BCUT2D eigenvalue weighted by Gasteiger charge is -2.23. The van der Waals surface area contributed by atoms with E-state index in [0.717, 1.165) is 21.2 Å². The second-order valence-corrected chi connectivity index (χ2v) is 9.46. The van der Waals surface area contributed by atoms with Crippen LogP contribution in [-0.2, 0) is 14.8 Å². The van der Waals surface area contributed by atoms with Gasteiger partial charge in [-0.25, -0.2) is 12.7 Å². The summed E-state index contributed by atoms with van der Waals surface area (Å²) in [7, 11) is -4.09. The number of nitrogens with zero attached hydrogens (tertiary/aromatic N) is 1. The third-order valence-corrected chi connectivity index (χ3v) is 6.72. The Morgan fingerprint density at radius 3 is 2.18 bits per heavy atom. The van der Waals surface area contributed by atoms with E-state index in [1.165, 1.54) is 12.1 Å². The lowest BCUT2D eigenvalue weighted by molar-refractivity contribution is -0.117. The minimum Gasteiger partial charge on any atom is -0.494 e. The standard InChI is InChI=1S/C26H29NO5S/c1-4-31-23-14-12-22(13-15-23)27(33(29,30)25-16-10-20(2)11-17-25)26(28)9-6-18-32-24-8-5-7-21(3)19-24/h5,7-8,10-17,19H,4,6,9,18H2,1-3H3. The van der Waals surface area contributed by atoms with Crippen molar-refractivity contribution in [2.24, 2.45) is 0 Å². The molecule has 0 saturated heterocycles. The molecule has 7 heteroatoms. The Balaban J connectivity index is 1.79. The molecule has 0 heterocycles. The van der Waals surface area contributed by atoms with Crippen LogP contribution in [0.2, 0.25) is 0 Å². The van der Waals surface area contributed by atoms with Crippen molar-refractivity contribution in [1.82, 2.24) is 0 Å². The molecule has 0 fully saturated rings. The van der Waals surface area contributed by atoms with E-state index >= 15 is 0 Å². The SMILES string of the molecule is CCOc1ccc(N(C(=O)CCCOc2cccc(C)c2)S(=O)(=O)c2ccc(C)cc2)cc1. The molecular formula is C26H29NO5S. The highest BCUT2D eigenvalue weighted by molar-refractivity contribution is 7.93. The quantitative estimate of drug-likeness (QED) is 0.379. The number of carbonyl (C=O) groups is 1. The Bertz CT molecular complexity index is 1170. The van der Waals surface area contributed by atoms with Crippen LogP contribution in [0.1, 0.15) is 30.9 Å². The Labute approximate surface area is 195 Å². The molecule has 0 radical (unpaired) electrons. The van der Waals surface area contributed by atoms with Crippen LogP contribution in [0.25, 0.3) is 0 Å². The fraction of sp³-hybridized carbons (Fsp3) is 0.269. The van der Waals surface area contributed by atoms with Crippen LogP contribution in [0.4, 0.5) is 5.69 Å². The van der Waals surface area contributed by atoms with Gasteiger partial charge >= 0.3 is 0 Å². The highest BCUT2D eigenvalue weighted by Gasteiger charge is 2.30. The van der Waals surface area contributed by atoms with Gasteiger partial charge in [0.1, 0.15) is 11.5 Å². The monoisotopic (exact) mass is 467 g/mol. The molecule has 0 aliphatic heterocycles. The van der Waals surface area contributed by atoms with Crippen LogP contribution in [0.15, 0.2) is 77.7 Å². The van der Waals surface area contributed by atoms with Crippen molar-refractivity contribution in [3.63, 3.8) is 0 Å². The van der Waals surface area contributed by atoms with Gasteiger partial charge in [-0.1, -0.05) is 29.8 Å². The van der Waals surface area contributed by atoms with E-state index in [1.54, 1.807) is 36.4 Å². The molecule has 33 heavy (non-hydrogen) atoms. The van der Waals surface area contributed by atoms with Crippen molar-refractivity contribution in [3.05, 3.63) is 83.9 Å². The zero-order valence-electron chi connectivity index (χ0n) is 19.2. The van der Waals surface area contributed by atoms with Gasteiger partial charge in [0.2, 0.25) is 5.91 Å². The molecule has 0 aliphatic rings. The van der Waals surface area contributed by atoms with Gasteiger partial charge in [0, 0.05) is 6.42 Å². The molecule has 0 bridgehead atoms. The maximum Gasteiger partial charge on any atom is 0.270 e. The van der Waals surface area contributed by atoms with E-state index in [-0.39, 0.29) is 17.0 Å². The molecule has 0 spiro atoms. The highest BCUT2D eigenvalue weighted by Crippen LogP contribution is 2.27. The van der Waals surface area contributed by atoms with Gasteiger partial charge in [0.25, 0.3) is 10.0 Å². The molecule has 0 N–H and O–H groups in total. The fourth-order valence-electron chi connectivity index (χ4n) is 3.30. The van der Waals surface area contributed by atoms with Crippen LogP contribution in [0.5, 0.6) is 11.5 Å². The lowest BCUT2D eigenvalue weighted by Crippen LogP contribution is -2.37. The van der Waals surface area contributed by atoms with Crippen molar-refractivity contribution in [1.29, 1.82) is 0 Å². The summed E-state index contributed by atoms with van der Waals surface area (Å²) < 4.78 is 38.9. The molecule has 0 atom stereocenters. The van der Waals surface area contributed by atoms with Crippen molar-refractivity contribution < 1.29 is 22.7 Å². The largest absolute Gasteiger partial charge is 0.494 e. The number of benzene rings is 3. The predicted molar refractivity (Wildman–Crippen MR) is 129 cm³/mol. The maximum absolute atomic E-state index is 13.4. The maximum atomic E-state index is 13.4. The van der Waals surface area contributed by atoms with Crippen molar-refractivity contribution >= 4 is 21.6 Å². The van der Waals surface area contributed by atoms with E-state index in [1.807, 2.05) is 45.0 Å². The number of hydrogen-bond donors (Lipinski definition) is 0. The molecule has 3 rings (SSSR count). The molecular weight excluding hydrogens is 438 g/mol. The molecule has 0 aromatic heterocycles. The van der Waals surface area contributed by atoms with Crippen LogP contribution in [0, 0.1) is 13.8 Å². The van der Waals surface area contributed by atoms with Crippen LogP contribution < -0.4 is 13.8 Å². The van der Waals surface area contributed by atoms with Crippen molar-refractivity contribution in [2.45, 2.75) is 38.5 Å². The van der Waals surface area contributed by atoms with Gasteiger partial charge in [-0.15, -0.1) is 0 Å². The molecule has 0 aliphatic carbocycles. The van der Waals surface area contributed by atoms with Gasteiger partial charge in [0.15, 0.2) is 0 Å². The van der Waals surface area contributed by atoms with Gasteiger partial charge < -0.3 is 9.47 Å². The molecule has 1 amide bonds. The number of aryl methyl sites for hydroxylation is 2. The van der Waals surface area contributed by atoms with E-state index in [9.17, 15) is 13.2 Å². The highest BCUT2D eigenvalue weighted by atomic mass is 32.2. The summed E-state index contributed by atoms with van der Waals surface area (Å²) in [6, 6.07) is 20.6. The van der Waals surface area contributed by atoms with E-state index in [0.29, 0.717) is 25.4 Å². The summed E-state index contributed by atoms with van der Waals surface area (Å²) in [6.07, 6.45) is 0.397. The van der Waals surface area contributed by atoms with Crippen molar-refractivity contribution in [3.8, 4) is 11.5 Å². The first kappa shape index (κ1) is 24.3. The Hall–Kier alpha value is -3.32. The zero-order valence-corrected chi connectivity index (χ0v) is 20.0. The van der Waals surface area contributed by atoms with E-state index < -0.39 is 15.9 Å². The number of ether oxygens (including phenoxy) is 2. The summed E-state index contributed by atoms with van der Waals surface area (Å²) >= 11 is 0. The smallest absolute Gasteiger partial charge is 0.270 e. The van der Waals surface area contributed by atoms with Gasteiger partial charge in [-0.3, -0.25) is 4.79 Å². The van der Waals surface area contributed by atoms with Gasteiger partial charge in [0.05, 0.1) is 23.8 Å². The second-order valence-electron chi connectivity index (χ2n) is 7.67. The molecule has 6 nitrogen and oxygen atoms in total. The van der Waals surface area contributed by atoms with Crippen LogP contribution >= 0.6 is 0 Å². The second kappa shape index (κ2) is 11.0. The normalized spacial score (nSPS) is 11.1. The summed E-state index contributed by atoms with van der Waals surface area (Å²) in [5, 5.41) is 0. The first-order valence-corrected chi connectivity index (χ1v) is 12.3. The number of hydrogen-bond acceptors (Lipinski definition) is 5.